The lowest BCUT2D eigenvalue weighted by Crippen LogP contribution is -2.29. The normalized spacial score (nSPS) is 14.8. The van der Waals surface area contributed by atoms with Gasteiger partial charge < -0.3 is 4.74 Å². The molecule has 6 heteroatoms. The van der Waals surface area contributed by atoms with Crippen molar-refractivity contribution in [2.45, 2.75) is 12.5 Å². The van der Waals surface area contributed by atoms with E-state index in [4.69, 9.17) is 33.8 Å². The molecule has 0 radical (unpaired) electrons. The molecule has 2 aromatic rings. The van der Waals surface area contributed by atoms with Crippen LogP contribution in [0.5, 0.6) is 5.75 Å². The molecule has 3 N–H and O–H groups in total. The number of benzene rings is 1. The molecule has 0 fully saturated rings. The third-order valence-corrected chi connectivity index (χ3v) is 3.83. The molecular weight excluding hydrogens is 297 g/mol. The molecule has 1 unspecified atom stereocenters. The molecule has 0 saturated carbocycles. The molecule has 1 atom stereocenters. The van der Waals surface area contributed by atoms with Crippen LogP contribution in [0.2, 0.25) is 10.0 Å². The lowest BCUT2D eigenvalue weighted by atomic mass is 10.00. The molecule has 4 nitrogen and oxygen atoms in total. The van der Waals surface area contributed by atoms with Gasteiger partial charge in [-0.2, -0.15) is 0 Å². The van der Waals surface area contributed by atoms with Gasteiger partial charge in [-0.3, -0.25) is 10.8 Å². The van der Waals surface area contributed by atoms with Gasteiger partial charge in [0, 0.05) is 12.6 Å². The van der Waals surface area contributed by atoms with Gasteiger partial charge in [-0.25, -0.2) is 5.43 Å². The first-order valence-electron chi connectivity index (χ1n) is 6.21. The predicted molar refractivity (Wildman–Crippen MR) is 79.1 cm³/mol. The molecule has 1 aromatic heterocycles. The van der Waals surface area contributed by atoms with Crippen LogP contribution in [0.25, 0.3) is 0 Å². The number of nitrogens with zero attached hydrogens (tertiary/aromatic N) is 1. The Kier molecular flexibility index (Phi) is 3.81. The number of halogens is 2. The van der Waals surface area contributed by atoms with Gasteiger partial charge in [-0.05, 0) is 29.3 Å². The minimum atomic E-state index is -0.286. The third-order valence-electron chi connectivity index (χ3n) is 3.32. The van der Waals surface area contributed by atoms with Gasteiger partial charge in [-0.1, -0.05) is 29.3 Å². The molecule has 0 spiro atoms. The van der Waals surface area contributed by atoms with Gasteiger partial charge in [0.1, 0.15) is 5.75 Å². The molecule has 104 valence electrons. The highest BCUT2D eigenvalue weighted by atomic mass is 35.5. The van der Waals surface area contributed by atoms with Crippen molar-refractivity contribution in [2.24, 2.45) is 5.84 Å². The van der Waals surface area contributed by atoms with Gasteiger partial charge in [0.2, 0.25) is 0 Å². The summed E-state index contributed by atoms with van der Waals surface area (Å²) in [6, 6.07) is 7.35. The zero-order chi connectivity index (χ0) is 14.1. The number of hydrogen-bond acceptors (Lipinski definition) is 4. The van der Waals surface area contributed by atoms with Crippen LogP contribution in [0.1, 0.15) is 22.9 Å². The van der Waals surface area contributed by atoms with Crippen LogP contribution in [-0.2, 0) is 6.42 Å². The molecular formula is C14H13Cl2N3O. The van der Waals surface area contributed by atoms with Gasteiger partial charge in [-0.15, -0.1) is 0 Å². The van der Waals surface area contributed by atoms with Crippen LogP contribution in [-0.4, -0.2) is 11.6 Å². The second-order valence-corrected chi connectivity index (χ2v) is 5.43. The van der Waals surface area contributed by atoms with Crippen molar-refractivity contribution in [3.05, 3.63) is 57.3 Å². The maximum absolute atomic E-state index is 6.20. The molecule has 20 heavy (non-hydrogen) atoms. The van der Waals surface area contributed by atoms with E-state index in [9.17, 15) is 0 Å². The predicted octanol–water partition coefficient (Wildman–Crippen LogP) is 2.88. The summed E-state index contributed by atoms with van der Waals surface area (Å²) in [5, 5.41) is 0.981. The van der Waals surface area contributed by atoms with Crippen LogP contribution < -0.4 is 16.0 Å². The van der Waals surface area contributed by atoms with E-state index in [1.54, 1.807) is 12.3 Å². The molecule has 0 saturated heterocycles. The zero-order valence-electron chi connectivity index (χ0n) is 10.6. The summed E-state index contributed by atoms with van der Waals surface area (Å²) in [5.74, 6) is 6.61. The Balaban J connectivity index is 2.01. The van der Waals surface area contributed by atoms with Gasteiger partial charge in [0.05, 0.1) is 28.4 Å². The topological polar surface area (TPSA) is 60.2 Å². The van der Waals surface area contributed by atoms with Gasteiger partial charge in [0.15, 0.2) is 0 Å². The molecule has 1 aromatic carbocycles. The van der Waals surface area contributed by atoms with Crippen LogP contribution in [0.4, 0.5) is 0 Å². The smallest absolute Gasteiger partial charge is 0.122 e. The van der Waals surface area contributed by atoms with E-state index in [0.29, 0.717) is 15.7 Å². The maximum Gasteiger partial charge on any atom is 0.122 e. The minimum absolute atomic E-state index is 0.286. The first-order chi connectivity index (χ1) is 9.69. The van der Waals surface area contributed by atoms with Crippen molar-refractivity contribution in [2.75, 3.05) is 6.61 Å². The van der Waals surface area contributed by atoms with E-state index in [2.05, 4.69) is 16.5 Å². The lowest BCUT2D eigenvalue weighted by Gasteiger charge is -2.18. The molecule has 0 aliphatic carbocycles. The molecule has 0 bridgehead atoms. The van der Waals surface area contributed by atoms with Gasteiger partial charge >= 0.3 is 0 Å². The highest BCUT2D eigenvalue weighted by Gasteiger charge is 2.20. The maximum atomic E-state index is 6.20. The average Bonchev–Trinajstić information content (AvgIpc) is 2.89. The summed E-state index contributed by atoms with van der Waals surface area (Å²) in [6.45, 7) is 0.722. The standard InChI is InChI=1S/C14H13Cl2N3O/c15-10-6-11(16)14(18-7-10)13(19-17)9-1-2-12-8(5-9)3-4-20-12/h1-2,5-7,13,19H,3-4,17H2. The summed E-state index contributed by atoms with van der Waals surface area (Å²) in [4.78, 5) is 4.28. The molecule has 2 heterocycles. The highest BCUT2D eigenvalue weighted by Crippen LogP contribution is 2.32. The van der Waals surface area contributed by atoms with Crippen molar-refractivity contribution < 1.29 is 4.74 Å². The van der Waals surface area contributed by atoms with Crippen molar-refractivity contribution >= 4 is 23.2 Å². The van der Waals surface area contributed by atoms with E-state index < -0.39 is 0 Å². The van der Waals surface area contributed by atoms with Crippen molar-refractivity contribution in [3.8, 4) is 5.75 Å². The Morgan fingerprint density at radius 3 is 2.90 bits per heavy atom. The highest BCUT2D eigenvalue weighted by molar-refractivity contribution is 6.34. The summed E-state index contributed by atoms with van der Waals surface area (Å²) >= 11 is 12.1. The minimum Gasteiger partial charge on any atom is -0.493 e. The largest absolute Gasteiger partial charge is 0.493 e. The Bertz CT molecular complexity index is 648. The second kappa shape index (κ2) is 5.58. The van der Waals surface area contributed by atoms with E-state index in [-0.39, 0.29) is 6.04 Å². The number of hydrogen-bond donors (Lipinski definition) is 2. The number of nitrogens with two attached hydrogens (primary N) is 1. The van der Waals surface area contributed by atoms with Crippen LogP contribution in [0.15, 0.2) is 30.5 Å². The third kappa shape index (κ3) is 2.47. The summed E-state index contributed by atoms with van der Waals surface area (Å²) < 4.78 is 5.50. The fraction of sp³-hybridized carbons (Fsp3) is 0.214. The summed E-state index contributed by atoms with van der Waals surface area (Å²) in [5.41, 5.74) is 5.57. The fourth-order valence-corrected chi connectivity index (χ4v) is 2.85. The number of ether oxygens (including phenoxy) is 1. The SMILES string of the molecule is NNC(c1ccc2c(c1)CCO2)c1ncc(Cl)cc1Cl. The monoisotopic (exact) mass is 309 g/mol. The molecule has 0 amide bonds. The summed E-state index contributed by atoms with van der Waals surface area (Å²) in [6.07, 6.45) is 2.46. The Morgan fingerprint density at radius 1 is 1.30 bits per heavy atom. The Hall–Kier alpha value is -1.33. The lowest BCUT2D eigenvalue weighted by molar-refractivity contribution is 0.357. The van der Waals surface area contributed by atoms with Crippen molar-refractivity contribution in [3.63, 3.8) is 0 Å². The Morgan fingerprint density at radius 2 is 2.15 bits per heavy atom. The zero-order valence-corrected chi connectivity index (χ0v) is 12.1. The van der Waals surface area contributed by atoms with E-state index in [1.165, 1.54) is 5.56 Å². The number of aromatic nitrogens is 1. The molecule has 1 aliphatic heterocycles. The van der Waals surface area contributed by atoms with Crippen molar-refractivity contribution in [1.29, 1.82) is 0 Å². The van der Waals surface area contributed by atoms with Crippen molar-refractivity contribution in [1.82, 2.24) is 10.4 Å². The number of rotatable bonds is 3. The van der Waals surface area contributed by atoms with E-state index in [0.717, 1.165) is 24.3 Å². The number of hydrazine groups is 1. The van der Waals surface area contributed by atoms with Crippen LogP contribution >= 0.6 is 23.2 Å². The second-order valence-electron chi connectivity index (χ2n) is 4.59. The quantitative estimate of drug-likeness (QED) is 0.676. The van der Waals surface area contributed by atoms with Crippen LogP contribution in [0, 0.1) is 0 Å². The summed E-state index contributed by atoms with van der Waals surface area (Å²) in [7, 11) is 0. The molecule has 1 aliphatic rings. The van der Waals surface area contributed by atoms with Crippen LogP contribution in [0.3, 0.4) is 0 Å². The fourth-order valence-electron chi connectivity index (χ4n) is 2.36. The number of pyridine rings is 1. The first-order valence-corrected chi connectivity index (χ1v) is 6.97. The first kappa shape index (κ1) is 13.6. The van der Waals surface area contributed by atoms with E-state index >= 15 is 0 Å². The molecule has 3 rings (SSSR count). The van der Waals surface area contributed by atoms with E-state index in [1.807, 2.05) is 12.1 Å². The number of nitrogens with one attached hydrogen (secondary N) is 1. The average molecular weight is 310 g/mol. The van der Waals surface area contributed by atoms with Gasteiger partial charge in [0.25, 0.3) is 0 Å². The Labute approximate surface area is 126 Å². The number of fused-ring (bicyclic) bond motifs is 1.